The van der Waals surface area contributed by atoms with Gasteiger partial charge in [0, 0.05) is 21.3 Å². The van der Waals surface area contributed by atoms with Gasteiger partial charge in [0.15, 0.2) is 16.6 Å². The van der Waals surface area contributed by atoms with Crippen molar-refractivity contribution in [1.29, 1.82) is 0 Å². The Morgan fingerprint density at radius 3 is 1.18 bits per heavy atom. The van der Waals surface area contributed by atoms with Crippen LogP contribution in [-0.2, 0) is 8.85 Å². The van der Waals surface area contributed by atoms with Crippen LogP contribution in [0.25, 0.3) is 0 Å². The number of hydrogen-bond donors (Lipinski definition) is 0. The molecule has 104 valence electrons. The molecule has 0 aromatic rings. The fourth-order valence-electron chi connectivity index (χ4n) is 3.25. The van der Waals surface area contributed by atoms with E-state index >= 15 is 0 Å². The summed E-state index contributed by atoms with van der Waals surface area (Å²) in [6.07, 6.45) is 0. The van der Waals surface area contributed by atoms with E-state index in [9.17, 15) is 0 Å². The van der Waals surface area contributed by atoms with Gasteiger partial charge < -0.3 is 8.85 Å². The van der Waals surface area contributed by atoms with Crippen LogP contribution in [0.15, 0.2) is 0 Å². The summed E-state index contributed by atoms with van der Waals surface area (Å²) >= 11 is 0. The van der Waals surface area contributed by atoms with E-state index in [0.29, 0.717) is 0 Å². The molecule has 0 aliphatic heterocycles. The van der Waals surface area contributed by atoms with Gasteiger partial charge in [-0.2, -0.15) is 0 Å². The standard InChI is InChI=1S/C12H32O2Si3/c1-9-13-16(5,6)11-15(3,4)12-17(7,8)14-10-2/h9-12H2,1-8H3. The van der Waals surface area contributed by atoms with Gasteiger partial charge in [-0.15, -0.1) is 0 Å². The van der Waals surface area contributed by atoms with E-state index in [1.54, 1.807) is 0 Å². The number of rotatable bonds is 8. The zero-order valence-corrected chi connectivity index (χ0v) is 16.1. The molecule has 0 unspecified atom stereocenters. The Morgan fingerprint density at radius 2 is 0.941 bits per heavy atom. The molecule has 0 spiro atoms. The van der Waals surface area contributed by atoms with E-state index in [1.165, 1.54) is 11.3 Å². The van der Waals surface area contributed by atoms with Gasteiger partial charge in [0.1, 0.15) is 0 Å². The summed E-state index contributed by atoms with van der Waals surface area (Å²) in [5, 5.41) is 0. The van der Waals surface area contributed by atoms with Crippen molar-refractivity contribution in [3.05, 3.63) is 0 Å². The lowest BCUT2D eigenvalue weighted by Crippen LogP contribution is -2.48. The lowest BCUT2D eigenvalue weighted by Gasteiger charge is -2.36. The molecule has 0 amide bonds. The topological polar surface area (TPSA) is 18.5 Å². The lowest BCUT2D eigenvalue weighted by atomic mass is 10.9. The van der Waals surface area contributed by atoms with Gasteiger partial charge in [-0.1, -0.05) is 13.1 Å². The van der Waals surface area contributed by atoms with Gasteiger partial charge >= 0.3 is 0 Å². The van der Waals surface area contributed by atoms with Gasteiger partial charge in [0.05, 0.1) is 0 Å². The van der Waals surface area contributed by atoms with E-state index in [0.717, 1.165) is 13.2 Å². The average Bonchev–Trinajstić information content (AvgIpc) is 1.96. The summed E-state index contributed by atoms with van der Waals surface area (Å²) in [7, 11) is -4.04. The van der Waals surface area contributed by atoms with Crippen molar-refractivity contribution in [3.8, 4) is 0 Å². The quantitative estimate of drug-likeness (QED) is 0.622. The van der Waals surface area contributed by atoms with E-state index in [-0.39, 0.29) is 0 Å². The van der Waals surface area contributed by atoms with Crippen LogP contribution in [0.2, 0.25) is 50.6 Å². The Labute approximate surface area is 111 Å². The molecule has 0 fully saturated rings. The van der Waals surface area contributed by atoms with Crippen LogP contribution in [-0.4, -0.2) is 37.9 Å². The maximum absolute atomic E-state index is 5.99. The summed E-state index contributed by atoms with van der Waals surface area (Å²) in [5.41, 5.74) is 2.72. The molecule has 0 saturated carbocycles. The van der Waals surface area contributed by atoms with E-state index in [2.05, 4.69) is 53.1 Å². The molecule has 2 nitrogen and oxygen atoms in total. The Kier molecular flexibility index (Phi) is 6.88. The Balaban J connectivity index is 4.47. The largest absolute Gasteiger partial charge is 0.418 e. The number of hydrogen-bond acceptors (Lipinski definition) is 2. The molecule has 17 heavy (non-hydrogen) atoms. The summed E-state index contributed by atoms with van der Waals surface area (Å²) in [4.78, 5) is 0. The SMILES string of the molecule is CCO[Si](C)(C)C[Si](C)(C)C[Si](C)(C)OCC. The zero-order chi connectivity index (χ0) is 13.7. The molecule has 0 aliphatic carbocycles. The van der Waals surface area contributed by atoms with Crippen molar-refractivity contribution < 1.29 is 8.85 Å². The molecule has 0 saturated heterocycles. The molecule has 5 heteroatoms. The third-order valence-corrected chi connectivity index (χ3v) is 19.5. The highest BCUT2D eigenvalue weighted by Crippen LogP contribution is 2.28. The minimum atomic E-state index is -1.43. The van der Waals surface area contributed by atoms with Gasteiger partial charge in [-0.05, 0) is 51.4 Å². The second-order valence-corrected chi connectivity index (χ2v) is 21.7. The van der Waals surface area contributed by atoms with E-state index < -0.39 is 24.7 Å². The molecule has 0 aromatic carbocycles. The smallest absolute Gasteiger partial charge is 0.184 e. The van der Waals surface area contributed by atoms with Crippen LogP contribution in [0.5, 0.6) is 0 Å². The molecular weight excluding hydrogens is 260 g/mol. The molecular formula is C12H32O2Si3. The highest BCUT2D eigenvalue weighted by molar-refractivity contribution is 6.99. The molecule has 0 atom stereocenters. The molecule has 0 aliphatic rings. The Bertz CT molecular complexity index is 206. The maximum Gasteiger partial charge on any atom is 0.184 e. The van der Waals surface area contributed by atoms with Crippen molar-refractivity contribution in [1.82, 2.24) is 0 Å². The highest BCUT2D eigenvalue weighted by atomic mass is 28.4. The average molecular weight is 293 g/mol. The Hall–Kier alpha value is 0.571. The van der Waals surface area contributed by atoms with Crippen LogP contribution in [0.1, 0.15) is 13.8 Å². The first-order valence-electron chi connectivity index (χ1n) is 6.81. The molecule has 0 bridgehead atoms. The third-order valence-electron chi connectivity index (χ3n) is 2.88. The van der Waals surface area contributed by atoms with Crippen molar-refractivity contribution >= 4 is 24.7 Å². The summed E-state index contributed by atoms with van der Waals surface area (Å²) in [6.45, 7) is 20.4. The fourth-order valence-corrected chi connectivity index (χ4v) is 25.7. The van der Waals surface area contributed by atoms with Crippen LogP contribution in [0.4, 0.5) is 0 Å². The van der Waals surface area contributed by atoms with Gasteiger partial charge in [-0.3, -0.25) is 0 Å². The molecule has 0 radical (unpaired) electrons. The second-order valence-electron chi connectivity index (χ2n) is 6.90. The maximum atomic E-state index is 5.99. The highest BCUT2D eigenvalue weighted by Gasteiger charge is 2.38. The first-order chi connectivity index (χ1) is 7.54. The molecule has 0 aromatic heterocycles. The van der Waals surface area contributed by atoms with Crippen LogP contribution in [0.3, 0.4) is 0 Å². The predicted molar refractivity (Wildman–Crippen MR) is 85.3 cm³/mol. The normalized spacial score (nSPS) is 14.1. The van der Waals surface area contributed by atoms with Gasteiger partial charge in [0.25, 0.3) is 0 Å². The minimum Gasteiger partial charge on any atom is -0.418 e. The van der Waals surface area contributed by atoms with Crippen LogP contribution < -0.4 is 0 Å². The van der Waals surface area contributed by atoms with Crippen molar-refractivity contribution in [2.75, 3.05) is 13.2 Å². The van der Waals surface area contributed by atoms with Crippen LogP contribution in [0, 0.1) is 0 Å². The molecule has 0 heterocycles. The molecule has 0 N–H and O–H groups in total. The second kappa shape index (κ2) is 6.65. The van der Waals surface area contributed by atoms with E-state index in [4.69, 9.17) is 8.85 Å². The first kappa shape index (κ1) is 17.6. The fraction of sp³-hybridized carbons (Fsp3) is 1.00. The Morgan fingerprint density at radius 1 is 0.647 bits per heavy atom. The summed E-state index contributed by atoms with van der Waals surface area (Å²) in [6, 6.07) is 0. The van der Waals surface area contributed by atoms with Crippen molar-refractivity contribution in [2.45, 2.75) is 64.5 Å². The van der Waals surface area contributed by atoms with Gasteiger partial charge in [0.2, 0.25) is 0 Å². The van der Waals surface area contributed by atoms with Crippen molar-refractivity contribution in [2.24, 2.45) is 0 Å². The monoisotopic (exact) mass is 292 g/mol. The zero-order valence-electron chi connectivity index (χ0n) is 13.1. The minimum absolute atomic E-state index is 0.871. The van der Waals surface area contributed by atoms with Gasteiger partial charge in [-0.25, -0.2) is 0 Å². The summed E-state index contributed by atoms with van der Waals surface area (Å²) < 4.78 is 12.0. The van der Waals surface area contributed by atoms with Crippen LogP contribution >= 0.6 is 0 Å². The lowest BCUT2D eigenvalue weighted by molar-refractivity contribution is 0.331. The van der Waals surface area contributed by atoms with Crippen molar-refractivity contribution in [3.63, 3.8) is 0 Å². The third kappa shape index (κ3) is 8.31. The summed E-state index contributed by atoms with van der Waals surface area (Å²) in [5.74, 6) is 0. The van der Waals surface area contributed by atoms with E-state index in [1.807, 2.05) is 0 Å². The predicted octanol–water partition coefficient (Wildman–Crippen LogP) is 4.26. The molecule has 0 rings (SSSR count). The first-order valence-corrected chi connectivity index (χ1v) is 16.5.